The van der Waals surface area contributed by atoms with Crippen LogP contribution in [-0.4, -0.2) is 39.6 Å². The van der Waals surface area contributed by atoms with Crippen LogP contribution in [0.1, 0.15) is 52.9 Å². The number of hydrogen-bond acceptors (Lipinski definition) is 3. The molecule has 0 heterocycles. The zero-order valence-electron chi connectivity index (χ0n) is 12.6. The highest BCUT2D eigenvalue weighted by Gasteiger charge is 1.94. The summed E-state index contributed by atoms with van der Waals surface area (Å²) in [6.07, 6.45) is 6.45. The van der Waals surface area contributed by atoms with Crippen molar-refractivity contribution in [2.75, 3.05) is 39.6 Å². The van der Waals surface area contributed by atoms with Crippen molar-refractivity contribution in [2.24, 2.45) is 5.92 Å². The first-order valence-electron chi connectivity index (χ1n) is 7.50. The lowest BCUT2D eigenvalue weighted by molar-refractivity contribution is 0.00900. The molecule has 0 aliphatic rings. The molecule has 0 bridgehead atoms. The van der Waals surface area contributed by atoms with Gasteiger partial charge in [-0.25, -0.2) is 0 Å². The van der Waals surface area contributed by atoms with E-state index < -0.39 is 0 Å². The summed E-state index contributed by atoms with van der Waals surface area (Å²) in [5, 5.41) is 0. The molecule has 0 aromatic heterocycles. The molecule has 110 valence electrons. The topological polar surface area (TPSA) is 27.7 Å². The van der Waals surface area contributed by atoms with Gasteiger partial charge >= 0.3 is 0 Å². The molecule has 0 saturated carbocycles. The lowest BCUT2D eigenvalue weighted by Gasteiger charge is -2.08. The van der Waals surface area contributed by atoms with Crippen LogP contribution in [0.5, 0.6) is 0 Å². The van der Waals surface area contributed by atoms with Gasteiger partial charge in [-0.2, -0.15) is 0 Å². The largest absolute Gasteiger partial charge is 0.379 e. The van der Waals surface area contributed by atoms with Crippen molar-refractivity contribution in [1.82, 2.24) is 0 Å². The van der Waals surface area contributed by atoms with Gasteiger partial charge in [-0.05, 0) is 12.3 Å². The molecule has 3 nitrogen and oxygen atoms in total. The van der Waals surface area contributed by atoms with Gasteiger partial charge in [-0.15, -0.1) is 0 Å². The summed E-state index contributed by atoms with van der Waals surface area (Å²) in [5.41, 5.74) is 0. The van der Waals surface area contributed by atoms with Crippen molar-refractivity contribution in [3.05, 3.63) is 0 Å². The van der Waals surface area contributed by atoms with E-state index in [1.807, 2.05) is 0 Å². The molecule has 18 heavy (non-hydrogen) atoms. The summed E-state index contributed by atoms with van der Waals surface area (Å²) < 4.78 is 16.3. The average molecular weight is 260 g/mol. The van der Waals surface area contributed by atoms with Gasteiger partial charge in [0.15, 0.2) is 0 Å². The minimum atomic E-state index is 0.598. The van der Waals surface area contributed by atoms with Gasteiger partial charge < -0.3 is 14.2 Å². The minimum absolute atomic E-state index is 0.598. The van der Waals surface area contributed by atoms with Crippen molar-refractivity contribution in [3.63, 3.8) is 0 Å². The third kappa shape index (κ3) is 15.9. The molecular weight excluding hydrogens is 228 g/mol. The van der Waals surface area contributed by atoms with E-state index in [2.05, 4.69) is 20.8 Å². The zero-order valence-corrected chi connectivity index (χ0v) is 12.6. The zero-order chi connectivity index (χ0) is 13.5. The highest BCUT2D eigenvalue weighted by atomic mass is 16.5. The van der Waals surface area contributed by atoms with E-state index in [0.29, 0.717) is 32.3 Å². The Morgan fingerprint density at radius 1 is 0.667 bits per heavy atom. The highest BCUT2D eigenvalue weighted by molar-refractivity contribution is 4.42. The Morgan fingerprint density at radius 2 is 1.22 bits per heavy atom. The van der Waals surface area contributed by atoms with E-state index in [4.69, 9.17) is 14.2 Å². The van der Waals surface area contributed by atoms with Gasteiger partial charge in [-0.1, -0.05) is 46.5 Å². The van der Waals surface area contributed by atoms with Gasteiger partial charge in [-0.3, -0.25) is 0 Å². The molecule has 0 aliphatic heterocycles. The fourth-order valence-corrected chi connectivity index (χ4v) is 1.57. The van der Waals surface area contributed by atoms with Crippen LogP contribution >= 0.6 is 0 Å². The molecule has 0 radical (unpaired) electrons. The van der Waals surface area contributed by atoms with Crippen molar-refractivity contribution in [1.29, 1.82) is 0 Å². The van der Waals surface area contributed by atoms with Crippen molar-refractivity contribution in [2.45, 2.75) is 52.9 Å². The molecule has 0 N–H and O–H groups in total. The maximum Gasteiger partial charge on any atom is 0.0701 e. The Balaban J connectivity index is 2.90. The van der Waals surface area contributed by atoms with E-state index in [1.54, 1.807) is 0 Å². The SMILES string of the molecule is CCCCCCCOCCOCCOCC(C)C. The molecule has 0 aromatic carbocycles. The molecule has 0 aromatic rings. The number of hydrogen-bond donors (Lipinski definition) is 0. The summed E-state index contributed by atoms with van der Waals surface area (Å²) in [6, 6.07) is 0. The van der Waals surface area contributed by atoms with E-state index in [1.165, 1.54) is 32.1 Å². The first-order chi connectivity index (χ1) is 8.77. The molecule has 0 fully saturated rings. The predicted molar refractivity (Wildman–Crippen MR) is 76.1 cm³/mol. The van der Waals surface area contributed by atoms with E-state index >= 15 is 0 Å². The Hall–Kier alpha value is -0.120. The molecule has 0 rings (SSSR count). The monoisotopic (exact) mass is 260 g/mol. The second-order valence-corrected chi connectivity index (χ2v) is 5.11. The number of ether oxygens (including phenoxy) is 3. The van der Waals surface area contributed by atoms with E-state index in [-0.39, 0.29) is 0 Å². The third-order valence-electron chi connectivity index (χ3n) is 2.59. The molecule has 0 unspecified atom stereocenters. The van der Waals surface area contributed by atoms with Gasteiger partial charge in [0.2, 0.25) is 0 Å². The van der Waals surface area contributed by atoms with Gasteiger partial charge in [0, 0.05) is 13.2 Å². The maximum atomic E-state index is 5.49. The minimum Gasteiger partial charge on any atom is -0.379 e. The average Bonchev–Trinajstić information content (AvgIpc) is 2.34. The van der Waals surface area contributed by atoms with Crippen LogP contribution < -0.4 is 0 Å². The summed E-state index contributed by atoms with van der Waals surface area (Å²) in [4.78, 5) is 0. The Kier molecular flexibility index (Phi) is 14.8. The van der Waals surface area contributed by atoms with Crippen LogP contribution in [0.4, 0.5) is 0 Å². The second-order valence-electron chi connectivity index (χ2n) is 5.11. The van der Waals surface area contributed by atoms with Crippen LogP contribution in [0, 0.1) is 5.92 Å². The van der Waals surface area contributed by atoms with Crippen LogP contribution in [0.15, 0.2) is 0 Å². The molecule has 0 aliphatic carbocycles. The summed E-state index contributed by atoms with van der Waals surface area (Å²) in [5.74, 6) is 0.598. The smallest absolute Gasteiger partial charge is 0.0701 e. The fourth-order valence-electron chi connectivity index (χ4n) is 1.57. The van der Waals surface area contributed by atoms with E-state index in [0.717, 1.165) is 13.2 Å². The lowest BCUT2D eigenvalue weighted by atomic mass is 10.2. The molecule has 3 heteroatoms. The second kappa shape index (κ2) is 14.9. The number of rotatable bonds is 14. The Bertz CT molecular complexity index is 149. The van der Waals surface area contributed by atoms with E-state index in [9.17, 15) is 0 Å². The Labute approximate surface area is 113 Å². The van der Waals surface area contributed by atoms with Crippen molar-refractivity contribution >= 4 is 0 Å². The first kappa shape index (κ1) is 17.9. The lowest BCUT2D eigenvalue weighted by Crippen LogP contribution is -2.11. The van der Waals surface area contributed by atoms with Gasteiger partial charge in [0.05, 0.1) is 26.4 Å². The molecule has 0 saturated heterocycles. The van der Waals surface area contributed by atoms with Crippen LogP contribution in [0.3, 0.4) is 0 Å². The first-order valence-corrected chi connectivity index (χ1v) is 7.50. The third-order valence-corrected chi connectivity index (χ3v) is 2.59. The quantitative estimate of drug-likeness (QED) is 0.446. The Morgan fingerprint density at radius 3 is 1.83 bits per heavy atom. The van der Waals surface area contributed by atoms with Crippen LogP contribution in [0.25, 0.3) is 0 Å². The fraction of sp³-hybridized carbons (Fsp3) is 1.00. The molecule has 0 amide bonds. The maximum absolute atomic E-state index is 5.49. The van der Waals surface area contributed by atoms with Crippen LogP contribution in [0.2, 0.25) is 0 Å². The summed E-state index contributed by atoms with van der Waals surface area (Å²) in [7, 11) is 0. The molecule has 0 atom stereocenters. The summed E-state index contributed by atoms with van der Waals surface area (Å²) in [6.45, 7) is 11.0. The van der Waals surface area contributed by atoms with Gasteiger partial charge in [0.25, 0.3) is 0 Å². The van der Waals surface area contributed by atoms with Gasteiger partial charge in [0.1, 0.15) is 0 Å². The van der Waals surface area contributed by atoms with Crippen LogP contribution in [-0.2, 0) is 14.2 Å². The standard InChI is InChI=1S/C15H32O3/c1-4-5-6-7-8-9-16-10-11-17-12-13-18-14-15(2)3/h15H,4-14H2,1-3H3. The summed E-state index contributed by atoms with van der Waals surface area (Å²) >= 11 is 0. The normalized spacial score (nSPS) is 11.3. The number of unbranched alkanes of at least 4 members (excludes halogenated alkanes) is 4. The predicted octanol–water partition coefficient (Wildman–Crippen LogP) is 3.66. The highest BCUT2D eigenvalue weighted by Crippen LogP contribution is 2.02. The van der Waals surface area contributed by atoms with Crippen molar-refractivity contribution < 1.29 is 14.2 Å². The molecule has 0 spiro atoms. The van der Waals surface area contributed by atoms with Crippen molar-refractivity contribution in [3.8, 4) is 0 Å². The molecular formula is C15H32O3.